The van der Waals surface area contributed by atoms with Crippen molar-refractivity contribution in [3.05, 3.63) is 57.4 Å². The summed E-state index contributed by atoms with van der Waals surface area (Å²) in [6.07, 6.45) is 0.726. The second-order valence-corrected chi connectivity index (χ2v) is 5.21. The molecule has 3 rings (SSSR count). The Balaban J connectivity index is 2.25. The summed E-state index contributed by atoms with van der Waals surface area (Å²) in [5, 5.41) is 0.152. The predicted octanol–water partition coefficient (Wildman–Crippen LogP) is 2.39. The van der Waals surface area contributed by atoms with Crippen LogP contribution in [0.4, 0.5) is 0 Å². The number of nitrogens with zero attached hydrogens (tertiary/aromatic N) is 4. The lowest BCUT2D eigenvalue weighted by Crippen LogP contribution is -2.21. The number of rotatable bonds is 3. The topological polar surface area (TPSA) is 52.7 Å². The van der Waals surface area contributed by atoms with Gasteiger partial charge in [0.15, 0.2) is 11.2 Å². The van der Waals surface area contributed by atoms with Crippen LogP contribution in [0.5, 0.6) is 0 Å². The van der Waals surface area contributed by atoms with E-state index >= 15 is 0 Å². The molecule has 0 fully saturated rings. The fourth-order valence-corrected chi connectivity index (χ4v) is 2.54. The normalized spacial score (nSPS) is 11.2. The Hall–Kier alpha value is -2.14. The molecule has 0 spiro atoms. The van der Waals surface area contributed by atoms with Crippen LogP contribution in [0.15, 0.2) is 35.1 Å². The van der Waals surface area contributed by atoms with Crippen LogP contribution < -0.4 is 5.56 Å². The summed E-state index contributed by atoms with van der Waals surface area (Å²) in [6, 6.07) is 9.98. The molecule has 0 atom stereocenters. The zero-order valence-electron chi connectivity index (χ0n) is 11.9. The van der Waals surface area contributed by atoms with E-state index in [9.17, 15) is 4.79 Å². The number of hydrogen-bond donors (Lipinski definition) is 0. The summed E-state index contributed by atoms with van der Waals surface area (Å²) < 4.78 is 3.27. The molecule has 0 amide bonds. The van der Waals surface area contributed by atoms with Gasteiger partial charge in [0.1, 0.15) is 5.82 Å². The molecule has 0 saturated carbocycles. The maximum Gasteiger partial charge on any atom is 0.280 e. The van der Waals surface area contributed by atoms with Crippen LogP contribution in [0.3, 0.4) is 0 Å². The summed E-state index contributed by atoms with van der Waals surface area (Å²) >= 11 is 5.96. The van der Waals surface area contributed by atoms with E-state index in [2.05, 4.69) is 9.97 Å². The number of halogens is 1. The van der Waals surface area contributed by atoms with Crippen LogP contribution in [0.1, 0.15) is 18.3 Å². The minimum absolute atomic E-state index is 0.152. The fourth-order valence-electron chi connectivity index (χ4n) is 2.39. The van der Waals surface area contributed by atoms with E-state index in [1.807, 2.05) is 41.8 Å². The molecule has 0 aliphatic heterocycles. The van der Waals surface area contributed by atoms with Crippen molar-refractivity contribution in [1.82, 2.24) is 19.1 Å². The molecule has 0 unspecified atom stereocenters. The average molecular weight is 303 g/mol. The predicted molar refractivity (Wildman–Crippen MR) is 82.7 cm³/mol. The first-order valence-electron chi connectivity index (χ1n) is 6.77. The van der Waals surface area contributed by atoms with Gasteiger partial charge in [-0.3, -0.25) is 9.36 Å². The van der Waals surface area contributed by atoms with Gasteiger partial charge >= 0.3 is 0 Å². The summed E-state index contributed by atoms with van der Waals surface area (Å²) in [6.45, 7) is 2.61. The van der Waals surface area contributed by atoms with Gasteiger partial charge in [-0.2, -0.15) is 4.98 Å². The highest BCUT2D eigenvalue weighted by atomic mass is 35.5. The Morgan fingerprint density at radius 3 is 2.57 bits per heavy atom. The number of benzene rings is 1. The molecule has 0 aliphatic rings. The molecule has 1 aromatic carbocycles. The average Bonchev–Trinajstić information content (AvgIpc) is 2.83. The molecule has 21 heavy (non-hydrogen) atoms. The lowest BCUT2D eigenvalue weighted by Gasteiger charge is -2.08. The van der Waals surface area contributed by atoms with Crippen LogP contribution in [-0.2, 0) is 20.0 Å². The second-order valence-electron chi connectivity index (χ2n) is 4.87. The number of imidazole rings is 1. The molecule has 2 heterocycles. The van der Waals surface area contributed by atoms with Crippen LogP contribution >= 0.6 is 11.6 Å². The van der Waals surface area contributed by atoms with E-state index in [0.29, 0.717) is 17.7 Å². The van der Waals surface area contributed by atoms with Crippen molar-refractivity contribution in [3.8, 4) is 0 Å². The monoisotopic (exact) mass is 302 g/mol. The van der Waals surface area contributed by atoms with Crippen LogP contribution in [-0.4, -0.2) is 19.1 Å². The van der Waals surface area contributed by atoms with Crippen molar-refractivity contribution in [3.63, 3.8) is 0 Å². The number of fused-ring (bicyclic) bond motifs is 1. The molecule has 5 nitrogen and oxygen atoms in total. The molecular weight excluding hydrogens is 288 g/mol. The fraction of sp³-hybridized carbons (Fsp3) is 0.267. The third-order valence-corrected chi connectivity index (χ3v) is 3.85. The van der Waals surface area contributed by atoms with Gasteiger partial charge in [-0.05, 0) is 17.2 Å². The molecule has 0 bridgehead atoms. The minimum atomic E-state index is -0.173. The summed E-state index contributed by atoms with van der Waals surface area (Å²) in [5.41, 5.74) is 1.86. The second kappa shape index (κ2) is 5.33. The van der Waals surface area contributed by atoms with Crippen molar-refractivity contribution in [2.45, 2.75) is 19.9 Å². The molecule has 0 N–H and O–H groups in total. The first-order chi connectivity index (χ1) is 10.1. The van der Waals surface area contributed by atoms with Crippen molar-refractivity contribution >= 4 is 22.8 Å². The summed E-state index contributed by atoms with van der Waals surface area (Å²) in [7, 11) is 1.61. The highest BCUT2D eigenvalue weighted by Crippen LogP contribution is 2.16. The van der Waals surface area contributed by atoms with Gasteiger partial charge in [0, 0.05) is 20.0 Å². The Morgan fingerprint density at radius 1 is 1.19 bits per heavy atom. The lowest BCUT2D eigenvalue weighted by atomic mass is 10.2. The van der Waals surface area contributed by atoms with E-state index in [1.54, 1.807) is 7.05 Å². The Bertz CT molecular complexity index is 851. The van der Waals surface area contributed by atoms with Crippen molar-refractivity contribution in [2.75, 3.05) is 0 Å². The first kappa shape index (κ1) is 13.8. The molecule has 0 saturated heterocycles. The van der Waals surface area contributed by atoms with E-state index in [0.717, 1.165) is 17.8 Å². The maximum atomic E-state index is 12.5. The zero-order valence-corrected chi connectivity index (χ0v) is 12.6. The molecule has 108 valence electrons. The van der Waals surface area contributed by atoms with Gasteiger partial charge in [0.25, 0.3) is 5.56 Å². The van der Waals surface area contributed by atoms with E-state index in [4.69, 9.17) is 11.6 Å². The molecule has 2 aromatic heterocycles. The van der Waals surface area contributed by atoms with Gasteiger partial charge in [-0.25, -0.2) is 4.98 Å². The van der Waals surface area contributed by atoms with Gasteiger partial charge < -0.3 is 4.57 Å². The molecule has 3 aromatic rings. The SMILES string of the molecule is CCc1nc2nc(Cl)n(C)c(=O)c2n1Cc1ccccc1. The number of aryl methyl sites for hydroxylation is 1. The van der Waals surface area contributed by atoms with Gasteiger partial charge in [-0.15, -0.1) is 0 Å². The van der Waals surface area contributed by atoms with Crippen LogP contribution in [0.2, 0.25) is 5.28 Å². The standard InChI is InChI=1S/C15H15ClN4O/c1-3-11-17-13-12(14(21)19(2)15(16)18-13)20(11)9-10-7-5-4-6-8-10/h4-8H,3,9H2,1-2H3. The smallest absolute Gasteiger partial charge is 0.280 e. The highest BCUT2D eigenvalue weighted by molar-refractivity contribution is 6.28. The lowest BCUT2D eigenvalue weighted by molar-refractivity contribution is 0.743. The van der Waals surface area contributed by atoms with Gasteiger partial charge in [0.05, 0.1) is 0 Å². The Kier molecular flexibility index (Phi) is 3.51. The highest BCUT2D eigenvalue weighted by Gasteiger charge is 2.16. The first-order valence-corrected chi connectivity index (χ1v) is 7.15. The number of aromatic nitrogens is 4. The molecule has 0 radical (unpaired) electrons. The van der Waals surface area contributed by atoms with E-state index < -0.39 is 0 Å². The van der Waals surface area contributed by atoms with Crippen molar-refractivity contribution in [2.24, 2.45) is 7.05 Å². The minimum Gasteiger partial charge on any atom is -0.318 e. The van der Waals surface area contributed by atoms with Crippen molar-refractivity contribution in [1.29, 1.82) is 0 Å². The van der Waals surface area contributed by atoms with Crippen LogP contribution in [0.25, 0.3) is 11.2 Å². The third-order valence-electron chi connectivity index (χ3n) is 3.51. The number of hydrogen-bond acceptors (Lipinski definition) is 3. The summed E-state index contributed by atoms with van der Waals surface area (Å²) in [4.78, 5) is 21.1. The Labute approximate surface area is 126 Å². The quantitative estimate of drug-likeness (QED) is 0.698. The van der Waals surface area contributed by atoms with Crippen molar-refractivity contribution < 1.29 is 0 Å². The zero-order chi connectivity index (χ0) is 15.0. The molecular formula is C15H15ClN4O. The van der Waals surface area contributed by atoms with Gasteiger partial charge in [0.2, 0.25) is 5.28 Å². The third kappa shape index (κ3) is 2.34. The van der Waals surface area contributed by atoms with Gasteiger partial charge in [-0.1, -0.05) is 37.3 Å². The largest absolute Gasteiger partial charge is 0.318 e. The van der Waals surface area contributed by atoms with E-state index in [1.165, 1.54) is 4.57 Å². The molecule has 6 heteroatoms. The molecule has 0 aliphatic carbocycles. The Morgan fingerprint density at radius 2 is 1.90 bits per heavy atom. The maximum absolute atomic E-state index is 12.5. The summed E-state index contributed by atoms with van der Waals surface area (Å²) in [5.74, 6) is 0.834. The van der Waals surface area contributed by atoms with Crippen LogP contribution in [0, 0.1) is 0 Å². The van der Waals surface area contributed by atoms with E-state index in [-0.39, 0.29) is 10.8 Å².